The van der Waals surface area contributed by atoms with Crippen LogP contribution in [0.1, 0.15) is 36.8 Å². The van der Waals surface area contributed by atoms with Crippen LogP contribution in [0, 0.1) is 23.1 Å². The summed E-state index contributed by atoms with van der Waals surface area (Å²) >= 11 is 0. The second kappa shape index (κ2) is 6.65. The van der Waals surface area contributed by atoms with E-state index in [2.05, 4.69) is 5.32 Å². The van der Waals surface area contributed by atoms with Crippen LogP contribution in [-0.4, -0.2) is 17.8 Å². The minimum atomic E-state index is -0.345. The van der Waals surface area contributed by atoms with Gasteiger partial charge in [-0.25, -0.2) is 4.39 Å². The minimum Gasteiger partial charge on any atom is -0.396 e. The molecule has 1 fully saturated rings. The van der Waals surface area contributed by atoms with Gasteiger partial charge >= 0.3 is 0 Å². The molecule has 2 atom stereocenters. The molecule has 4 heteroatoms. The zero-order chi connectivity index (χ0) is 13.7. The van der Waals surface area contributed by atoms with Gasteiger partial charge in [0.2, 0.25) is 0 Å². The molecular weight excluding hydrogens is 243 g/mol. The van der Waals surface area contributed by atoms with Crippen molar-refractivity contribution < 1.29 is 9.50 Å². The molecule has 1 aliphatic rings. The van der Waals surface area contributed by atoms with E-state index in [0.29, 0.717) is 17.7 Å². The molecule has 0 amide bonds. The van der Waals surface area contributed by atoms with Crippen LogP contribution in [0.25, 0.3) is 0 Å². The van der Waals surface area contributed by atoms with E-state index in [9.17, 15) is 9.50 Å². The van der Waals surface area contributed by atoms with Crippen molar-refractivity contribution >= 4 is 0 Å². The van der Waals surface area contributed by atoms with E-state index in [1.54, 1.807) is 12.1 Å². The van der Waals surface area contributed by atoms with E-state index in [1.807, 2.05) is 6.07 Å². The third-order valence-corrected chi connectivity index (χ3v) is 3.88. The number of benzene rings is 1. The molecule has 0 radical (unpaired) electrons. The van der Waals surface area contributed by atoms with Crippen LogP contribution >= 0.6 is 0 Å². The number of rotatable bonds is 4. The smallest absolute Gasteiger partial charge is 0.129 e. The van der Waals surface area contributed by atoms with Crippen molar-refractivity contribution in [1.29, 1.82) is 5.26 Å². The molecule has 102 valence electrons. The molecule has 1 aromatic carbocycles. The van der Waals surface area contributed by atoms with Crippen molar-refractivity contribution in [3.63, 3.8) is 0 Å². The normalized spacial score (nSPS) is 23.0. The van der Waals surface area contributed by atoms with Crippen LogP contribution in [0.15, 0.2) is 18.2 Å². The number of nitrogens with zero attached hydrogens (tertiary/aromatic N) is 1. The standard InChI is InChI=1S/C15H19FN2O/c16-14-7-11(8-17)5-6-12(14)9-18-15-4-2-1-3-13(15)10-19/h5-7,13,15,18-19H,1-4,9-10H2. The van der Waals surface area contributed by atoms with Crippen LogP contribution in [0.4, 0.5) is 4.39 Å². The fraction of sp³-hybridized carbons (Fsp3) is 0.533. The maximum absolute atomic E-state index is 13.7. The van der Waals surface area contributed by atoms with Gasteiger partial charge in [0, 0.05) is 24.8 Å². The maximum atomic E-state index is 13.7. The summed E-state index contributed by atoms with van der Waals surface area (Å²) in [4.78, 5) is 0. The molecule has 0 bridgehead atoms. The summed E-state index contributed by atoms with van der Waals surface area (Å²) in [6.07, 6.45) is 4.38. The lowest BCUT2D eigenvalue weighted by Gasteiger charge is -2.31. The SMILES string of the molecule is N#Cc1ccc(CNC2CCCCC2CO)c(F)c1. The van der Waals surface area contributed by atoms with Crippen LogP contribution in [0.3, 0.4) is 0 Å². The first-order chi connectivity index (χ1) is 9.24. The third-order valence-electron chi connectivity index (χ3n) is 3.88. The summed E-state index contributed by atoms with van der Waals surface area (Å²) in [5, 5.41) is 21.4. The quantitative estimate of drug-likeness (QED) is 0.875. The van der Waals surface area contributed by atoms with Crippen molar-refractivity contribution in [3.8, 4) is 6.07 Å². The third kappa shape index (κ3) is 3.52. The Morgan fingerprint density at radius 2 is 2.16 bits per heavy atom. The Labute approximate surface area is 113 Å². The van der Waals surface area contributed by atoms with E-state index in [4.69, 9.17) is 5.26 Å². The monoisotopic (exact) mass is 262 g/mol. The van der Waals surface area contributed by atoms with Gasteiger partial charge in [-0.1, -0.05) is 18.9 Å². The second-order valence-corrected chi connectivity index (χ2v) is 5.13. The van der Waals surface area contributed by atoms with Crippen molar-refractivity contribution in [2.24, 2.45) is 5.92 Å². The largest absolute Gasteiger partial charge is 0.396 e. The fourth-order valence-electron chi connectivity index (χ4n) is 2.70. The van der Waals surface area contributed by atoms with Crippen molar-refractivity contribution in [1.82, 2.24) is 5.32 Å². The number of hydrogen-bond acceptors (Lipinski definition) is 3. The molecule has 0 aliphatic heterocycles. The molecule has 2 unspecified atom stereocenters. The lowest BCUT2D eigenvalue weighted by Crippen LogP contribution is -2.39. The van der Waals surface area contributed by atoms with Gasteiger partial charge in [0.25, 0.3) is 0 Å². The Hall–Kier alpha value is -1.44. The van der Waals surface area contributed by atoms with E-state index in [0.717, 1.165) is 25.7 Å². The Kier molecular flexibility index (Phi) is 4.89. The Morgan fingerprint density at radius 1 is 1.37 bits per heavy atom. The Morgan fingerprint density at radius 3 is 2.84 bits per heavy atom. The first kappa shape index (κ1) is 14.0. The highest BCUT2D eigenvalue weighted by Gasteiger charge is 2.23. The first-order valence-corrected chi connectivity index (χ1v) is 6.77. The Balaban J connectivity index is 1.96. The molecule has 1 aromatic rings. The predicted octanol–water partition coefficient (Wildman–Crippen LogP) is 2.34. The molecule has 0 aromatic heterocycles. The van der Waals surface area contributed by atoms with Gasteiger partial charge in [-0.3, -0.25) is 0 Å². The minimum absolute atomic E-state index is 0.188. The highest BCUT2D eigenvalue weighted by atomic mass is 19.1. The summed E-state index contributed by atoms with van der Waals surface area (Å²) in [5.74, 6) is -0.0712. The summed E-state index contributed by atoms with van der Waals surface area (Å²) in [6.45, 7) is 0.631. The molecule has 1 aliphatic carbocycles. The van der Waals surface area contributed by atoms with Gasteiger partial charge < -0.3 is 10.4 Å². The zero-order valence-electron chi connectivity index (χ0n) is 10.9. The van der Waals surface area contributed by atoms with Gasteiger partial charge in [-0.05, 0) is 30.9 Å². The molecule has 1 saturated carbocycles. The number of nitrogens with one attached hydrogen (secondary N) is 1. The summed E-state index contributed by atoms with van der Waals surface area (Å²) < 4.78 is 13.7. The summed E-state index contributed by atoms with van der Waals surface area (Å²) in [7, 11) is 0. The lowest BCUT2D eigenvalue weighted by molar-refractivity contribution is 0.152. The molecule has 3 nitrogen and oxygen atoms in total. The van der Waals surface area contributed by atoms with Gasteiger partial charge in [-0.2, -0.15) is 5.26 Å². The summed E-state index contributed by atoms with van der Waals surface area (Å²) in [6, 6.07) is 6.73. The number of aliphatic hydroxyl groups excluding tert-OH is 1. The molecule has 0 saturated heterocycles. The number of halogens is 1. The van der Waals surface area contributed by atoms with Crippen LogP contribution in [0.5, 0.6) is 0 Å². The van der Waals surface area contributed by atoms with Crippen LogP contribution in [0.2, 0.25) is 0 Å². The van der Waals surface area contributed by atoms with E-state index < -0.39 is 0 Å². The molecular formula is C15H19FN2O. The highest BCUT2D eigenvalue weighted by Crippen LogP contribution is 2.24. The number of hydrogen-bond donors (Lipinski definition) is 2. The molecule has 2 N–H and O–H groups in total. The van der Waals surface area contributed by atoms with Crippen LogP contribution in [-0.2, 0) is 6.54 Å². The maximum Gasteiger partial charge on any atom is 0.129 e. The van der Waals surface area contributed by atoms with Gasteiger partial charge in [-0.15, -0.1) is 0 Å². The number of aliphatic hydroxyl groups is 1. The van der Waals surface area contributed by atoms with Crippen molar-refractivity contribution in [2.75, 3.05) is 6.61 Å². The predicted molar refractivity (Wildman–Crippen MR) is 70.8 cm³/mol. The van der Waals surface area contributed by atoms with Crippen molar-refractivity contribution in [3.05, 3.63) is 35.1 Å². The molecule has 2 rings (SSSR count). The highest BCUT2D eigenvalue weighted by molar-refractivity contribution is 5.32. The van der Waals surface area contributed by atoms with Crippen molar-refractivity contribution in [2.45, 2.75) is 38.3 Å². The second-order valence-electron chi connectivity index (χ2n) is 5.13. The van der Waals surface area contributed by atoms with Gasteiger partial charge in [0.05, 0.1) is 11.6 Å². The zero-order valence-corrected chi connectivity index (χ0v) is 10.9. The van der Waals surface area contributed by atoms with E-state index >= 15 is 0 Å². The topological polar surface area (TPSA) is 56.0 Å². The molecule has 19 heavy (non-hydrogen) atoms. The first-order valence-electron chi connectivity index (χ1n) is 6.77. The summed E-state index contributed by atoms with van der Waals surface area (Å²) in [5.41, 5.74) is 0.911. The van der Waals surface area contributed by atoms with Gasteiger partial charge in [0.15, 0.2) is 0 Å². The van der Waals surface area contributed by atoms with E-state index in [1.165, 1.54) is 6.07 Å². The van der Waals surface area contributed by atoms with Gasteiger partial charge in [0.1, 0.15) is 5.82 Å². The fourth-order valence-corrected chi connectivity index (χ4v) is 2.70. The molecule has 0 heterocycles. The van der Waals surface area contributed by atoms with Crippen LogP contribution < -0.4 is 5.32 Å². The average molecular weight is 262 g/mol. The lowest BCUT2D eigenvalue weighted by atomic mass is 9.85. The Bertz CT molecular complexity index is 470. The van der Waals surface area contributed by atoms with E-state index in [-0.39, 0.29) is 24.4 Å². The average Bonchev–Trinajstić information content (AvgIpc) is 2.46. The number of nitriles is 1. The molecule has 0 spiro atoms.